The summed E-state index contributed by atoms with van der Waals surface area (Å²) in [6, 6.07) is 4.16. The molecule has 0 unspecified atom stereocenters. The van der Waals surface area contributed by atoms with Crippen molar-refractivity contribution >= 4 is 21.4 Å². The van der Waals surface area contributed by atoms with Gasteiger partial charge in [0.25, 0.3) is 9.84 Å². The molecule has 0 radical (unpaired) electrons. The normalized spacial score (nSPS) is 12.8. The van der Waals surface area contributed by atoms with Gasteiger partial charge in [-0.3, -0.25) is 0 Å². The lowest BCUT2D eigenvalue weighted by Gasteiger charge is -2.10. The number of alkyl halides is 3. The van der Waals surface area contributed by atoms with Crippen LogP contribution < -0.4 is 5.73 Å². The fourth-order valence-corrected chi connectivity index (χ4v) is 2.35. The van der Waals surface area contributed by atoms with Crippen LogP contribution in [0.1, 0.15) is 11.1 Å². The zero-order chi connectivity index (χ0) is 13.3. The Bertz CT molecular complexity index is 513. The summed E-state index contributed by atoms with van der Waals surface area (Å²) in [4.78, 5) is 0. The van der Waals surface area contributed by atoms with Crippen molar-refractivity contribution < 1.29 is 21.6 Å². The summed E-state index contributed by atoms with van der Waals surface area (Å²) in [6.07, 6.45) is 0. The first-order valence-corrected chi connectivity index (χ1v) is 6.47. The topological polar surface area (TPSA) is 60.2 Å². The Hall–Kier alpha value is -0.790. The number of halogens is 4. The molecule has 8 heteroatoms. The number of benzene rings is 1. The van der Waals surface area contributed by atoms with Gasteiger partial charge >= 0.3 is 5.51 Å². The molecule has 0 spiro atoms. The Balaban J connectivity index is 3.14. The molecule has 17 heavy (non-hydrogen) atoms. The Labute approximate surface area is 101 Å². The summed E-state index contributed by atoms with van der Waals surface area (Å²) in [7, 11) is -5.22. The predicted octanol–water partition coefficient (Wildman–Crippen LogP) is 2.23. The number of sulfone groups is 1. The first kappa shape index (κ1) is 14.3. The fourth-order valence-electron chi connectivity index (χ4n) is 1.19. The van der Waals surface area contributed by atoms with E-state index in [0.717, 1.165) is 0 Å². The van der Waals surface area contributed by atoms with Crippen molar-refractivity contribution in [3.8, 4) is 0 Å². The molecule has 2 N–H and O–H groups in total. The van der Waals surface area contributed by atoms with Crippen LogP contribution in [0.25, 0.3) is 0 Å². The van der Waals surface area contributed by atoms with Crippen LogP contribution >= 0.6 is 11.6 Å². The van der Waals surface area contributed by atoms with Gasteiger partial charge in [-0.1, -0.05) is 29.8 Å². The maximum atomic E-state index is 12.2. The van der Waals surface area contributed by atoms with Gasteiger partial charge in [-0.05, 0) is 11.1 Å². The van der Waals surface area contributed by atoms with Gasteiger partial charge in [0.15, 0.2) is 0 Å². The van der Waals surface area contributed by atoms with Gasteiger partial charge in [0.2, 0.25) is 0 Å². The average molecular weight is 288 g/mol. The van der Waals surface area contributed by atoms with Gasteiger partial charge in [0.1, 0.15) is 0 Å². The van der Waals surface area contributed by atoms with E-state index < -0.39 is 21.1 Å². The molecular weight excluding hydrogens is 279 g/mol. The summed E-state index contributed by atoms with van der Waals surface area (Å²) in [5.41, 5.74) is 0.330. The highest BCUT2D eigenvalue weighted by atomic mass is 35.5. The second kappa shape index (κ2) is 4.83. The lowest BCUT2D eigenvalue weighted by atomic mass is 10.1. The third kappa shape index (κ3) is 3.11. The van der Waals surface area contributed by atoms with Crippen molar-refractivity contribution in [1.29, 1.82) is 0 Å². The monoisotopic (exact) mass is 287 g/mol. The lowest BCUT2D eigenvalue weighted by Crippen LogP contribution is -2.25. The zero-order valence-corrected chi connectivity index (χ0v) is 10.0. The van der Waals surface area contributed by atoms with Crippen molar-refractivity contribution in [3.05, 3.63) is 34.3 Å². The van der Waals surface area contributed by atoms with Crippen molar-refractivity contribution in [2.45, 2.75) is 17.8 Å². The first-order valence-electron chi connectivity index (χ1n) is 4.44. The van der Waals surface area contributed by atoms with Crippen molar-refractivity contribution in [3.63, 3.8) is 0 Å². The van der Waals surface area contributed by atoms with Gasteiger partial charge in [0.05, 0.1) is 5.75 Å². The van der Waals surface area contributed by atoms with Crippen LogP contribution in [-0.2, 0) is 22.1 Å². The van der Waals surface area contributed by atoms with E-state index in [2.05, 4.69) is 0 Å². The molecular formula is C9H9ClF3NO2S. The minimum absolute atomic E-state index is 0.0265. The summed E-state index contributed by atoms with van der Waals surface area (Å²) >= 11 is 5.75. The third-order valence-corrected chi connectivity index (χ3v) is 3.96. The first-order chi connectivity index (χ1) is 7.69. The molecule has 0 bridgehead atoms. The van der Waals surface area contributed by atoms with E-state index in [-0.39, 0.29) is 17.1 Å². The molecule has 3 nitrogen and oxygen atoms in total. The molecule has 0 atom stereocenters. The van der Waals surface area contributed by atoms with E-state index in [1.807, 2.05) is 0 Å². The molecule has 1 aromatic rings. The molecule has 0 fully saturated rings. The highest BCUT2D eigenvalue weighted by Gasteiger charge is 2.45. The Kier molecular flexibility index (Phi) is 4.06. The largest absolute Gasteiger partial charge is 0.497 e. The van der Waals surface area contributed by atoms with Gasteiger partial charge in [-0.15, -0.1) is 0 Å². The number of rotatable bonds is 3. The average Bonchev–Trinajstić information content (AvgIpc) is 2.19. The molecule has 0 aromatic heterocycles. The van der Waals surface area contributed by atoms with E-state index in [0.29, 0.717) is 5.56 Å². The van der Waals surface area contributed by atoms with E-state index in [1.165, 1.54) is 18.2 Å². The minimum Gasteiger partial charge on any atom is -0.326 e. The standard InChI is InChI=1S/C9H9ClF3NO2S/c10-8-6(4-14)2-1-3-7(8)5-17(15,16)9(11,12)13/h1-3H,4-5,14H2. The molecule has 0 saturated carbocycles. The quantitative estimate of drug-likeness (QED) is 0.927. The summed E-state index contributed by atoms with van der Waals surface area (Å²) in [6.45, 7) is 0.0265. The van der Waals surface area contributed by atoms with E-state index in [4.69, 9.17) is 17.3 Å². The van der Waals surface area contributed by atoms with Crippen LogP contribution in [0, 0.1) is 0 Å². The van der Waals surface area contributed by atoms with Gasteiger partial charge in [-0.2, -0.15) is 13.2 Å². The third-order valence-electron chi connectivity index (χ3n) is 2.08. The molecule has 0 amide bonds. The van der Waals surface area contributed by atoms with E-state index in [9.17, 15) is 21.6 Å². The van der Waals surface area contributed by atoms with Gasteiger partial charge in [-0.25, -0.2) is 8.42 Å². The highest BCUT2D eigenvalue weighted by Crippen LogP contribution is 2.30. The Morgan fingerprint density at radius 2 is 1.76 bits per heavy atom. The van der Waals surface area contributed by atoms with Crippen LogP contribution in [0.2, 0.25) is 5.02 Å². The van der Waals surface area contributed by atoms with Crippen LogP contribution in [0.3, 0.4) is 0 Å². The molecule has 0 aliphatic carbocycles. The molecule has 1 aromatic carbocycles. The molecule has 0 aliphatic rings. The van der Waals surface area contributed by atoms with Crippen LogP contribution in [-0.4, -0.2) is 13.9 Å². The molecule has 96 valence electrons. The minimum atomic E-state index is -5.28. The van der Waals surface area contributed by atoms with E-state index >= 15 is 0 Å². The van der Waals surface area contributed by atoms with Crippen LogP contribution in [0.15, 0.2) is 18.2 Å². The second-order valence-electron chi connectivity index (χ2n) is 3.30. The molecule has 0 heterocycles. The van der Waals surface area contributed by atoms with Crippen molar-refractivity contribution in [2.24, 2.45) is 5.73 Å². The summed E-state index contributed by atoms with van der Waals surface area (Å²) in [5, 5.41) is -0.0391. The molecule has 0 saturated heterocycles. The Morgan fingerprint density at radius 3 is 2.24 bits per heavy atom. The Morgan fingerprint density at radius 1 is 1.24 bits per heavy atom. The van der Waals surface area contributed by atoms with Crippen LogP contribution in [0.5, 0.6) is 0 Å². The second-order valence-corrected chi connectivity index (χ2v) is 5.66. The summed E-state index contributed by atoms with van der Waals surface area (Å²) in [5.74, 6) is -1.18. The van der Waals surface area contributed by atoms with Crippen molar-refractivity contribution in [2.75, 3.05) is 0 Å². The van der Waals surface area contributed by atoms with Gasteiger partial charge < -0.3 is 5.73 Å². The summed E-state index contributed by atoms with van der Waals surface area (Å²) < 4.78 is 58.4. The number of nitrogens with two attached hydrogens (primary N) is 1. The predicted molar refractivity (Wildman–Crippen MR) is 58.0 cm³/mol. The number of hydrogen-bond donors (Lipinski definition) is 1. The zero-order valence-electron chi connectivity index (χ0n) is 8.46. The SMILES string of the molecule is NCc1cccc(CS(=O)(=O)C(F)(F)F)c1Cl. The van der Waals surface area contributed by atoms with Gasteiger partial charge in [0, 0.05) is 11.6 Å². The van der Waals surface area contributed by atoms with E-state index in [1.54, 1.807) is 0 Å². The maximum absolute atomic E-state index is 12.2. The van der Waals surface area contributed by atoms with Crippen molar-refractivity contribution in [1.82, 2.24) is 0 Å². The number of hydrogen-bond acceptors (Lipinski definition) is 3. The lowest BCUT2D eigenvalue weighted by molar-refractivity contribution is -0.0437. The van der Waals surface area contributed by atoms with Crippen LogP contribution in [0.4, 0.5) is 13.2 Å². The fraction of sp³-hybridized carbons (Fsp3) is 0.333. The molecule has 0 aliphatic heterocycles. The smallest absolute Gasteiger partial charge is 0.326 e. The highest BCUT2D eigenvalue weighted by molar-refractivity contribution is 7.91. The maximum Gasteiger partial charge on any atom is 0.497 e. The molecule has 1 rings (SSSR count).